The Morgan fingerprint density at radius 3 is 2.00 bits per heavy atom. The number of hydrogen-bond donors (Lipinski definition) is 2. The number of carbonyl (C=O) groups is 2. The Balaban J connectivity index is 4.23. The quantitative estimate of drug-likeness (QED) is 0.731. The molecular weight excluding hydrogens is 230 g/mol. The maximum atomic E-state index is 11.9. The highest BCUT2D eigenvalue weighted by molar-refractivity contribution is 5.87. The Hall–Kier alpha value is -1.10. The van der Waals surface area contributed by atoms with E-state index in [0.717, 1.165) is 0 Å². The van der Waals surface area contributed by atoms with Gasteiger partial charge in [-0.3, -0.25) is 9.59 Å². The van der Waals surface area contributed by atoms with Gasteiger partial charge in [-0.2, -0.15) is 0 Å². The van der Waals surface area contributed by atoms with Crippen LogP contribution in [0.3, 0.4) is 0 Å². The number of carbonyl (C=O) groups excluding carboxylic acids is 2. The van der Waals surface area contributed by atoms with E-state index in [1.165, 1.54) is 0 Å². The van der Waals surface area contributed by atoms with Gasteiger partial charge in [-0.1, -0.05) is 27.7 Å². The van der Waals surface area contributed by atoms with Gasteiger partial charge in [0.05, 0.1) is 12.6 Å². The zero-order valence-corrected chi connectivity index (χ0v) is 12.4. The van der Waals surface area contributed by atoms with Crippen LogP contribution in [0.1, 0.15) is 34.6 Å². The standard InChI is InChI=1S/C13H27N3O2/c1-8(2)10(5)16(6)11(17)7-15-13(18)12(14)9(3)4/h8-10,12H,7,14H2,1-6H3,(H,15,18)/t10?,12-/m0/s1. The van der Waals surface area contributed by atoms with E-state index in [1.54, 1.807) is 11.9 Å². The van der Waals surface area contributed by atoms with Crippen LogP contribution in [0, 0.1) is 11.8 Å². The summed E-state index contributed by atoms with van der Waals surface area (Å²) in [6.45, 7) is 9.86. The lowest BCUT2D eigenvalue weighted by Gasteiger charge is -2.28. The van der Waals surface area contributed by atoms with Crippen molar-refractivity contribution >= 4 is 11.8 Å². The summed E-state index contributed by atoms with van der Waals surface area (Å²) in [5, 5.41) is 2.58. The number of amides is 2. The van der Waals surface area contributed by atoms with Gasteiger partial charge in [-0.05, 0) is 18.8 Å². The molecule has 0 saturated heterocycles. The Morgan fingerprint density at radius 1 is 1.11 bits per heavy atom. The molecule has 0 heterocycles. The van der Waals surface area contributed by atoms with Gasteiger partial charge in [0.15, 0.2) is 0 Å². The molecule has 1 unspecified atom stereocenters. The average Bonchev–Trinajstić information content (AvgIpc) is 2.32. The fourth-order valence-electron chi connectivity index (χ4n) is 1.38. The van der Waals surface area contributed by atoms with Gasteiger partial charge in [0, 0.05) is 13.1 Å². The SMILES string of the molecule is CC(C)C(C)N(C)C(=O)CNC(=O)[C@@H](N)C(C)C. The molecule has 2 amide bonds. The first kappa shape index (κ1) is 16.9. The third-order valence-corrected chi connectivity index (χ3v) is 3.40. The van der Waals surface area contributed by atoms with Gasteiger partial charge in [0.25, 0.3) is 0 Å². The van der Waals surface area contributed by atoms with E-state index in [9.17, 15) is 9.59 Å². The summed E-state index contributed by atoms with van der Waals surface area (Å²) >= 11 is 0. The minimum absolute atomic E-state index is 0.00676. The van der Waals surface area contributed by atoms with Crippen molar-refractivity contribution in [2.75, 3.05) is 13.6 Å². The highest BCUT2D eigenvalue weighted by Gasteiger charge is 2.21. The number of likely N-dealkylation sites (N-methyl/N-ethyl adjacent to an activating group) is 1. The molecule has 2 atom stereocenters. The molecule has 0 aromatic heterocycles. The molecule has 106 valence electrons. The first-order valence-electron chi connectivity index (χ1n) is 6.47. The first-order chi connectivity index (χ1) is 8.18. The summed E-state index contributed by atoms with van der Waals surface area (Å²) in [7, 11) is 1.75. The Morgan fingerprint density at radius 2 is 1.61 bits per heavy atom. The maximum absolute atomic E-state index is 11.9. The molecule has 3 N–H and O–H groups in total. The molecule has 18 heavy (non-hydrogen) atoms. The summed E-state index contributed by atoms with van der Waals surface area (Å²) in [5.74, 6) is 0.0736. The van der Waals surface area contributed by atoms with Crippen LogP contribution in [0.2, 0.25) is 0 Å². The molecule has 0 spiro atoms. The lowest BCUT2D eigenvalue weighted by molar-refractivity contribution is -0.134. The van der Waals surface area contributed by atoms with Crippen molar-refractivity contribution in [3.05, 3.63) is 0 Å². The van der Waals surface area contributed by atoms with Gasteiger partial charge >= 0.3 is 0 Å². The van der Waals surface area contributed by atoms with Crippen molar-refractivity contribution in [3.63, 3.8) is 0 Å². The minimum Gasteiger partial charge on any atom is -0.346 e. The van der Waals surface area contributed by atoms with Crippen LogP contribution < -0.4 is 11.1 Å². The number of rotatable bonds is 6. The van der Waals surface area contributed by atoms with Gasteiger partial charge in [0.1, 0.15) is 0 Å². The first-order valence-corrected chi connectivity index (χ1v) is 6.47. The molecule has 0 aliphatic carbocycles. The molecule has 0 aromatic rings. The molecule has 5 nitrogen and oxygen atoms in total. The van der Waals surface area contributed by atoms with Crippen molar-refractivity contribution < 1.29 is 9.59 Å². The molecule has 0 aliphatic heterocycles. The van der Waals surface area contributed by atoms with Crippen molar-refractivity contribution in [1.82, 2.24) is 10.2 Å². The van der Waals surface area contributed by atoms with Gasteiger partial charge in [-0.25, -0.2) is 0 Å². The monoisotopic (exact) mass is 257 g/mol. The second-order valence-electron chi connectivity index (χ2n) is 5.48. The van der Waals surface area contributed by atoms with Gasteiger partial charge in [-0.15, -0.1) is 0 Å². The van der Waals surface area contributed by atoms with Crippen molar-refractivity contribution in [1.29, 1.82) is 0 Å². The van der Waals surface area contributed by atoms with Crippen LogP contribution in [-0.4, -0.2) is 42.4 Å². The Bertz CT molecular complexity index is 290. The lowest BCUT2D eigenvalue weighted by atomic mass is 10.0. The molecule has 0 radical (unpaired) electrons. The predicted octanol–water partition coefficient (Wildman–Crippen LogP) is 0.589. The van der Waals surface area contributed by atoms with E-state index in [4.69, 9.17) is 5.73 Å². The van der Waals surface area contributed by atoms with E-state index in [1.807, 2.05) is 20.8 Å². The third-order valence-electron chi connectivity index (χ3n) is 3.40. The number of nitrogens with one attached hydrogen (secondary N) is 1. The number of nitrogens with two attached hydrogens (primary N) is 1. The van der Waals surface area contributed by atoms with Crippen LogP contribution in [0.15, 0.2) is 0 Å². The fraction of sp³-hybridized carbons (Fsp3) is 0.846. The second kappa shape index (κ2) is 7.36. The highest BCUT2D eigenvalue weighted by atomic mass is 16.2. The fourth-order valence-corrected chi connectivity index (χ4v) is 1.38. The lowest BCUT2D eigenvalue weighted by Crippen LogP contribution is -2.49. The van der Waals surface area contributed by atoms with E-state index < -0.39 is 6.04 Å². The zero-order chi connectivity index (χ0) is 14.5. The van der Waals surface area contributed by atoms with Gasteiger partial charge < -0.3 is 16.0 Å². The molecule has 0 aromatic carbocycles. The van der Waals surface area contributed by atoms with Crippen molar-refractivity contribution in [3.8, 4) is 0 Å². The third kappa shape index (κ3) is 5.04. The Labute approximate surface area is 110 Å². The Kier molecular flexibility index (Phi) is 6.91. The second-order valence-corrected chi connectivity index (χ2v) is 5.48. The summed E-state index contributed by atoms with van der Waals surface area (Å²) in [4.78, 5) is 25.1. The molecule has 0 fully saturated rings. The van der Waals surface area contributed by atoms with Crippen LogP contribution in [0.5, 0.6) is 0 Å². The molecule has 0 saturated carbocycles. The van der Waals surface area contributed by atoms with E-state index in [0.29, 0.717) is 5.92 Å². The topological polar surface area (TPSA) is 75.4 Å². The average molecular weight is 257 g/mol. The number of hydrogen-bond acceptors (Lipinski definition) is 3. The van der Waals surface area contributed by atoms with Crippen LogP contribution >= 0.6 is 0 Å². The van der Waals surface area contributed by atoms with Crippen molar-refractivity contribution in [2.45, 2.75) is 46.7 Å². The highest BCUT2D eigenvalue weighted by Crippen LogP contribution is 2.07. The van der Waals surface area contributed by atoms with Crippen LogP contribution in [-0.2, 0) is 9.59 Å². The van der Waals surface area contributed by atoms with Gasteiger partial charge in [0.2, 0.25) is 11.8 Å². The predicted molar refractivity (Wildman–Crippen MR) is 72.9 cm³/mol. The summed E-state index contributed by atoms with van der Waals surface area (Å²) in [5.41, 5.74) is 5.69. The van der Waals surface area contributed by atoms with Crippen LogP contribution in [0.4, 0.5) is 0 Å². The smallest absolute Gasteiger partial charge is 0.241 e. The van der Waals surface area contributed by atoms with E-state index in [-0.39, 0.29) is 30.3 Å². The number of nitrogens with zero attached hydrogens (tertiary/aromatic N) is 1. The summed E-state index contributed by atoms with van der Waals surface area (Å²) in [6, 6.07) is -0.418. The molecular formula is C13H27N3O2. The van der Waals surface area contributed by atoms with E-state index in [2.05, 4.69) is 19.2 Å². The molecule has 5 heteroatoms. The molecule has 0 rings (SSSR count). The molecule has 0 aliphatic rings. The maximum Gasteiger partial charge on any atom is 0.241 e. The summed E-state index contributed by atoms with van der Waals surface area (Å²) in [6.07, 6.45) is 0. The largest absolute Gasteiger partial charge is 0.346 e. The van der Waals surface area contributed by atoms with Crippen LogP contribution in [0.25, 0.3) is 0 Å². The van der Waals surface area contributed by atoms with Crippen molar-refractivity contribution in [2.24, 2.45) is 17.6 Å². The van der Waals surface area contributed by atoms with E-state index >= 15 is 0 Å². The minimum atomic E-state index is -0.564. The molecule has 0 bridgehead atoms. The zero-order valence-electron chi connectivity index (χ0n) is 12.4. The summed E-state index contributed by atoms with van der Waals surface area (Å²) < 4.78 is 0. The normalized spacial score (nSPS) is 14.5.